The summed E-state index contributed by atoms with van der Waals surface area (Å²) < 4.78 is 33.4. The Kier molecular flexibility index (Phi) is 14.1. The normalized spacial score (nSPS) is 24.9. The van der Waals surface area contributed by atoms with Gasteiger partial charge < -0.3 is 28.4 Å². The molecule has 0 bridgehead atoms. The molecule has 0 amide bonds. The quantitative estimate of drug-likeness (QED) is 0.670. The topological polar surface area (TPSA) is 61.9 Å². The summed E-state index contributed by atoms with van der Waals surface area (Å²) >= 11 is 0. The lowest BCUT2D eigenvalue weighted by Crippen LogP contribution is -2.37. The average molecular weight is 391 g/mol. The molecule has 0 aromatic rings. The van der Waals surface area contributed by atoms with Crippen LogP contribution in [0.5, 0.6) is 0 Å². The molecule has 0 atom stereocenters. The fourth-order valence-electron chi connectivity index (χ4n) is 3.05. The molecule has 0 spiro atoms. The molecule has 2 heterocycles. The van der Waals surface area contributed by atoms with Crippen molar-refractivity contribution in [2.75, 3.05) is 119 Å². The Hall–Kier alpha value is -0.320. The van der Waals surface area contributed by atoms with E-state index >= 15 is 0 Å². The third kappa shape index (κ3) is 12.7. The van der Waals surface area contributed by atoms with Gasteiger partial charge in [0.25, 0.3) is 0 Å². The third-order valence-electron chi connectivity index (χ3n) is 4.64. The minimum absolute atomic E-state index is 0.647. The van der Waals surface area contributed by atoms with Gasteiger partial charge in [-0.3, -0.25) is 9.80 Å². The van der Waals surface area contributed by atoms with Gasteiger partial charge in [-0.05, 0) is 19.5 Å². The van der Waals surface area contributed by atoms with Crippen molar-refractivity contribution in [1.29, 1.82) is 0 Å². The van der Waals surface area contributed by atoms with Crippen molar-refractivity contribution < 1.29 is 28.4 Å². The van der Waals surface area contributed by atoms with Crippen molar-refractivity contribution >= 4 is 0 Å². The Morgan fingerprint density at radius 1 is 0.370 bits per heavy atom. The standard InChI is InChI=1S/C19H38N2O6/c1(2-20-4-8-22-12-16-26-17-13-23-9-5-20)3-21-6-10-24-14-18-27-19-15-25-11-7-21/h1-19H2. The van der Waals surface area contributed by atoms with E-state index in [9.17, 15) is 0 Å². The lowest BCUT2D eigenvalue weighted by Gasteiger charge is -2.26. The second-order valence-electron chi connectivity index (χ2n) is 6.71. The molecule has 0 N–H and O–H groups in total. The number of rotatable bonds is 4. The number of ether oxygens (including phenoxy) is 6. The molecule has 0 saturated carbocycles. The van der Waals surface area contributed by atoms with Gasteiger partial charge in [0.15, 0.2) is 0 Å². The highest BCUT2D eigenvalue weighted by Crippen LogP contribution is 1.99. The van der Waals surface area contributed by atoms with Crippen molar-refractivity contribution in [3.05, 3.63) is 0 Å². The van der Waals surface area contributed by atoms with E-state index in [1.165, 1.54) is 0 Å². The molecular weight excluding hydrogens is 352 g/mol. The van der Waals surface area contributed by atoms with Gasteiger partial charge in [-0.2, -0.15) is 0 Å². The lowest BCUT2D eigenvalue weighted by molar-refractivity contribution is -0.00946. The first-order chi connectivity index (χ1) is 13.4. The molecule has 8 nitrogen and oxygen atoms in total. The summed E-state index contributed by atoms with van der Waals surface area (Å²) in [5.74, 6) is 0. The van der Waals surface area contributed by atoms with E-state index < -0.39 is 0 Å². The maximum Gasteiger partial charge on any atom is 0.0701 e. The molecular formula is C19H38N2O6. The number of hydrogen-bond acceptors (Lipinski definition) is 8. The second-order valence-corrected chi connectivity index (χ2v) is 6.71. The molecule has 0 aromatic carbocycles. The summed E-state index contributed by atoms with van der Waals surface area (Å²) in [7, 11) is 0. The zero-order chi connectivity index (χ0) is 18.8. The van der Waals surface area contributed by atoms with E-state index in [2.05, 4.69) is 9.80 Å². The largest absolute Gasteiger partial charge is 0.378 e. The second kappa shape index (κ2) is 16.6. The maximum absolute atomic E-state index is 5.65. The van der Waals surface area contributed by atoms with Gasteiger partial charge in [0, 0.05) is 26.2 Å². The molecule has 2 rings (SSSR count). The molecule has 0 aliphatic carbocycles. The highest BCUT2D eigenvalue weighted by atomic mass is 16.5. The van der Waals surface area contributed by atoms with Gasteiger partial charge in [0.1, 0.15) is 0 Å². The van der Waals surface area contributed by atoms with E-state index in [0.29, 0.717) is 52.9 Å². The van der Waals surface area contributed by atoms with Crippen LogP contribution >= 0.6 is 0 Å². The van der Waals surface area contributed by atoms with Crippen LogP contribution in [0.25, 0.3) is 0 Å². The first-order valence-corrected chi connectivity index (χ1v) is 10.4. The first kappa shape index (κ1) is 23.0. The molecule has 2 saturated heterocycles. The summed E-state index contributed by atoms with van der Waals surface area (Å²) in [6, 6.07) is 0. The number of nitrogens with zero attached hydrogens (tertiary/aromatic N) is 2. The van der Waals surface area contributed by atoms with Gasteiger partial charge in [0.05, 0.1) is 79.3 Å². The van der Waals surface area contributed by atoms with Crippen LogP contribution in [0, 0.1) is 0 Å². The molecule has 8 heteroatoms. The van der Waals surface area contributed by atoms with Crippen LogP contribution in [-0.4, -0.2) is 128 Å². The molecule has 2 aliphatic rings. The Morgan fingerprint density at radius 3 is 0.926 bits per heavy atom. The van der Waals surface area contributed by atoms with E-state index in [0.717, 1.165) is 72.1 Å². The average Bonchev–Trinajstić information content (AvgIpc) is 2.65. The van der Waals surface area contributed by atoms with Crippen molar-refractivity contribution in [3.8, 4) is 0 Å². The van der Waals surface area contributed by atoms with Crippen molar-refractivity contribution in [2.24, 2.45) is 0 Å². The van der Waals surface area contributed by atoms with Gasteiger partial charge >= 0.3 is 0 Å². The zero-order valence-corrected chi connectivity index (χ0v) is 16.8. The summed E-state index contributed by atoms with van der Waals surface area (Å²) in [4.78, 5) is 4.87. The van der Waals surface area contributed by atoms with Gasteiger partial charge in [0.2, 0.25) is 0 Å². The number of hydrogen-bond donors (Lipinski definition) is 0. The Balaban J connectivity index is 1.64. The summed E-state index contributed by atoms with van der Waals surface area (Å²) in [5, 5.41) is 0. The monoisotopic (exact) mass is 390 g/mol. The van der Waals surface area contributed by atoms with E-state index in [1.807, 2.05) is 0 Å². The van der Waals surface area contributed by atoms with Gasteiger partial charge in [-0.25, -0.2) is 0 Å². The fraction of sp³-hybridized carbons (Fsp3) is 1.00. The lowest BCUT2D eigenvalue weighted by atomic mass is 10.3. The minimum Gasteiger partial charge on any atom is -0.378 e. The van der Waals surface area contributed by atoms with Gasteiger partial charge in [-0.1, -0.05) is 0 Å². The zero-order valence-electron chi connectivity index (χ0n) is 16.8. The summed E-state index contributed by atoms with van der Waals surface area (Å²) in [6.07, 6.45) is 1.12. The van der Waals surface area contributed by atoms with Crippen LogP contribution in [0.15, 0.2) is 0 Å². The van der Waals surface area contributed by atoms with E-state index in [1.54, 1.807) is 0 Å². The van der Waals surface area contributed by atoms with Crippen LogP contribution in [0.3, 0.4) is 0 Å². The minimum atomic E-state index is 0.647. The third-order valence-corrected chi connectivity index (χ3v) is 4.64. The molecule has 2 aliphatic heterocycles. The highest BCUT2D eigenvalue weighted by molar-refractivity contribution is 4.63. The van der Waals surface area contributed by atoms with Crippen LogP contribution in [0.4, 0.5) is 0 Å². The van der Waals surface area contributed by atoms with Crippen LogP contribution in [0.1, 0.15) is 6.42 Å². The summed E-state index contributed by atoms with van der Waals surface area (Å²) in [6.45, 7) is 14.1. The molecule has 0 unspecified atom stereocenters. The van der Waals surface area contributed by atoms with E-state index in [-0.39, 0.29) is 0 Å². The molecule has 0 aromatic heterocycles. The van der Waals surface area contributed by atoms with Crippen LogP contribution in [-0.2, 0) is 28.4 Å². The molecule has 2 fully saturated rings. The van der Waals surface area contributed by atoms with Crippen molar-refractivity contribution in [1.82, 2.24) is 9.80 Å². The van der Waals surface area contributed by atoms with E-state index in [4.69, 9.17) is 28.4 Å². The molecule has 0 radical (unpaired) electrons. The predicted octanol–water partition coefficient (Wildman–Crippen LogP) is 0.107. The SMILES string of the molecule is C(CN1CCOCCOCCOCC1)CN1CCOCCOCCOCC1. The fourth-order valence-corrected chi connectivity index (χ4v) is 3.05. The predicted molar refractivity (Wildman–Crippen MR) is 102 cm³/mol. The van der Waals surface area contributed by atoms with Crippen molar-refractivity contribution in [2.45, 2.75) is 6.42 Å². The van der Waals surface area contributed by atoms with Gasteiger partial charge in [-0.15, -0.1) is 0 Å². The maximum atomic E-state index is 5.65. The Labute approximate surface area is 163 Å². The molecule has 27 heavy (non-hydrogen) atoms. The Morgan fingerprint density at radius 2 is 0.630 bits per heavy atom. The molecule has 160 valence electrons. The Bertz CT molecular complexity index is 283. The highest BCUT2D eigenvalue weighted by Gasteiger charge is 2.10. The smallest absolute Gasteiger partial charge is 0.0701 e. The van der Waals surface area contributed by atoms with Crippen molar-refractivity contribution in [3.63, 3.8) is 0 Å². The van der Waals surface area contributed by atoms with Crippen LogP contribution < -0.4 is 0 Å². The first-order valence-electron chi connectivity index (χ1n) is 10.4. The van der Waals surface area contributed by atoms with Crippen LogP contribution in [0.2, 0.25) is 0 Å². The summed E-state index contributed by atoms with van der Waals surface area (Å²) in [5.41, 5.74) is 0.